The monoisotopic (exact) mass is 446 g/mol. The molecule has 10 heteroatoms. The molecule has 0 radical (unpaired) electrons. The summed E-state index contributed by atoms with van der Waals surface area (Å²) in [4.78, 5) is 32.3. The number of carbonyl (C=O) groups is 1. The van der Waals surface area contributed by atoms with E-state index in [1.54, 1.807) is 11.6 Å². The number of fused-ring (bicyclic) bond motifs is 1. The fourth-order valence-electron chi connectivity index (χ4n) is 4.46. The number of hydrogen-bond acceptors (Lipinski definition) is 7. The molecule has 1 aliphatic heterocycles. The molecule has 1 fully saturated rings. The van der Waals surface area contributed by atoms with Crippen LogP contribution in [-0.2, 0) is 11.8 Å². The van der Waals surface area contributed by atoms with Crippen molar-refractivity contribution in [3.63, 3.8) is 0 Å². The highest BCUT2D eigenvalue weighted by Gasteiger charge is 2.33. The van der Waals surface area contributed by atoms with E-state index < -0.39 is 11.9 Å². The van der Waals surface area contributed by atoms with Gasteiger partial charge in [-0.2, -0.15) is 4.68 Å². The lowest BCUT2D eigenvalue weighted by molar-refractivity contribution is -0.139. The summed E-state index contributed by atoms with van der Waals surface area (Å²) in [6.45, 7) is 6.99. The van der Waals surface area contributed by atoms with E-state index in [1.165, 1.54) is 0 Å². The van der Waals surface area contributed by atoms with Crippen molar-refractivity contribution >= 4 is 22.8 Å². The number of aromatic nitrogens is 7. The first-order valence-corrected chi connectivity index (χ1v) is 11.0. The zero-order chi connectivity index (χ0) is 23.3. The molecular weight excluding hydrogens is 420 g/mol. The van der Waals surface area contributed by atoms with Crippen molar-refractivity contribution in [3.05, 3.63) is 53.6 Å². The summed E-state index contributed by atoms with van der Waals surface area (Å²) in [6, 6.07) is 10.0. The van der Waals surface area contributed by atoms with Gasteiger partial charge in [-0.05, 0) is 32.4 Å². The molecule has 0 saturated carbocycles. The maximum absolute atomic E-state index is 11.8. The van der Waals surface area contributed by atoms with Crippen molar-refractivity contribution in [3.8, 4) is 5.82 Å². The Labute approximate surface area is 190 Å². The highest BCUT2D eigenvalue weighted by atomic mass is 16.4. The van der Waals surface area contributed by atoms with Gasteiger partial charge in [0.2, 0.25) is 0 Å². The lowest BCUT2D eigenvalue weighted by Gasteiger charge is -2.39. The predicted octanol–water partition coefficient (Wildman–Crippen LogP) is 2.74. The van der Waals surface area contributed by atoms with E-state index in [-0.39, 0.29) is 0 Å². The Bertz CT molecular complexity index is 1350. The van der Waals surface area contributed by atoms with E-state index in [1.807, 2.05) is 38.1 Å². The molecule has 3 aromatic heterocycles. The zero-order valence-corrected chi connectivity index (χ0v) is 19.1. The minimum absolute atomic E-state index is 0.307. The largest absolute Gasteiger partial charge is 0.481 e. The Balaban J connectivity index is 1.43. The number of aliphatic carboxylic acids is 1. The van der Waals surface area contributed by atoms with Gasteiger partial charge in [-0.15, -0.1) is 5.10 Å². The Kier molecular flexibility index (Phi) is 5.07. The number of para-hydroxylation sites is 2. The second-order valence-corrected chi connectivity index (χ2v) is 8.48. The molecule has 0 bridgehead atoms. The summed E-state index contributed by atoms with van der Waals surface area (Å²) in [7, 11) is 2.06. The first-order chi connectivity index (χ1) is 15.9. The highest BCUT2D eigenvalue weighted by Crippen LogP contribution is 2.32. The van der Waals surface area contributed by atoms with Gasteiger partial charge in [0.05, 0.1) is 17.0 Å². The van der Waals surface area contributed by atoms with E-state index >= 15 is 0 Å². The van der Waals surface area contributed by atoms with Gasteiger partial charge in [-0.3, -0.25) is 4.79 Å². The number of carboxylic acids is 1. The van der Waals surface area contributed by atoms with Gasteiger partial charge in [0, 0.05) is 26.2 Å². The average Bonchev–Trinajstić information content (AvgIpc) is 3.28. The van der Waals surface area contributed by atoms with E-state index in [2.05, 4.69) is 42.6 Å². The Morgan fingerprint density at radius 1 is 1.09 bits per heavy atom. The normalized spacial score (nSPS) is 15.1. The topological polar surface area (TPSA) is 115 Å². The van der Waals surface area contributed by atoms with Crippen LogP contribution in [0.15, 0.2) is 30.3 Å². The molecule has 4 heterocycles. The van der Waals surface area contributed by atoms with Gasteiger partial charge in [-0.1, -0.05) is 19.1 Å². The van der Waals surface area contributed by atoms with Crippen molar-refractivity contribution in [2.45, 2.75) is 39.0 Å². The third kappa shape index (κ3) is 3.61. The smallest absolute Gasteiger partial charge is 0.314 e. The van der Waals surface area contributed by atoms with Crippen molar-refractivity contribution < 1.29 is 9.90 Å². The standard InChI is InChI=1S/C23H26N8O2/c1-5-16(23(32)33)22-26-14(3)28-31(22)20-10-19(24-13(2)25-20)30-11-15(12-30)21-27-17-8-6-7-9-18(17)29(21)4/h6-10,15-16H,5,11-12H2,1-4H3,(H,32,33). The molecule has 5 rings (SSSR count). The van der Waals surface area contributed by atoms with Gasteiger partial charge in [0.1, 0.15) is 35.0 Å². The molecule has 0 spiro atoms. The van der Waals surface area contributed by atoms with Crippen LogP contribution in [0.1, 0.15) is 48.5 Å². The average molecular weight is 447 g/mol. The van der Waals surface area contributed by atoms with Gasteiger partial charge in [-0.25, -0.2) is 19.9 Å². The molecule has 33 heavy (non-hydrogen) atoms. The number of anilines is 1. The molecule has 10 nitrogen and oxygen atoms in total. The van der Waals surface area contributed by atoms with Crippen molar-refractivity contribution in [2.75, 3.05) is 18.0 Å². The fourth-order valence-corrected chi connectivity index (χ4v) is 4.46. The molecule has 1 atom stereocenters. The van der Waals surface area contributed by atoms with Crippen LogP contribution in [-0.4, -0.2) is 58.4 Å². The number of hydrogen-bond donors (Lipinski definition) is 1. The maximum atomic E-state index is 11.8. The van der Waals surface area contributed by atoms with Crippen molar-refractivity contribution in [2.24, 2.45) is 7.05 Å². The fraction of sp³-hybridized carbons (Fsp3) is 0.391. The number of imidazole rings is 1. The lowest BCUT2D eigenvalue weighted by atomic mass is 9.99. The first kappa shape index (κ1) is 21.0. The SMILES string of the molecule is CCC(C(=O)O)c1nc(C)nn1-c1cc(N2CC(c3nc4ccccc4n3C)C2)nc(C)n1. The molecule has 0 aliphatic carbocycles. The minimum atomic E-state index is -0.926. The Hall–Kier alpha value is -3.82. The van der Waals surface area contributed by atoms with Crippen LogP contribution in [0, 0.1) is 13.8 Å². The van der Waals surface area contributed by atoms with E-state index in [0.29, 0.717) is 35.6 Å². The minimum Gasteiger partial charge on any atom is -0.481 e. The predicted molar refractivity (Wildman–Crippen MR) is 123 cm³/mol. The first-order valence-electron chi connectivity index (χ1n) is 11.0. The van der Waals surface area contributed by atoms with E-state index in [4.69, 9.17) is 4.98 Å². The molecule has 0 amide bonds. The molecule has 1 saturated heterocycles. The number of benzene rings is 1. The molecule has 1 aliphatic rings. The van der Waals surface area contributed by atoms with Crippen LogP contribution < -0.4 is 4.90 Å². The third-order valence-corrected chi connectivity index (χ3v) is 6.18. The summed E-state index contributed by atoms with van der Waals surface area (Å²) in [5.41, 5.74) is 2.13. The molecular formula is C23H26N8O2. The van der Waals surface area contributed by atoms with Crippen LogP contribution in [0.2, 0.25) is 0 Å². The van der Waals surface area contributed by atoms with Crippen LogP contribution in [0.5, 0.6) is 0 Å². The lowest BCUT2D eigenvalue weighted by Crippen LogP contribution is -2.46. The zero-order valence-electron chi connectivity index (χ0n) is 19.1. The second-order valence-electron chi connectivity index (χ2n) is 8.48. The maximum Gasteiger partial charge on any atom is 0.314 e. The molecule has 4 aromatic rings. The number of rotatable bonds is 6. The van der Waals surface area contributed by atoms with E-state index in [9.17, 15) is 9.90 Å². The molecule has 1 unspecified atom stereocenters. The summed E-state index contributed by atoms with van der Waals surface area (Å²) in [5, 5.41) is 14.1. The van der Waals surface area contributed by atoms with Gasteiger partial charge in [0.25, 0.3) is 0 Å². The van der Waals surface area contributed by atoms with Crippen molar-refractivity contribution in [1.82, 2.24) is 34.3 Å². The second kappa shape index (κ2) is 7.95. The Morgan fingerprint density at radius 3 is 2.52 bits per heavy atom. The van der Waals surface area contributed by atoms with Crippen LogP contribution in [0.25, 0.3) is 16.9 Å². The van der Waals surface area contributed by atoms with Crippen molar-refractivity contribution in [1.29, 1.82) is 0 Å². The Morgan fingerprint density at radius 2 is 1.82 bits per heavy atom. The third-order valence-electron chi connectivity index (χ3n) is 6.18. The number of carboxylic acid groups (broad SMARTS) is 1. The van der Waals surface area contributed by atoms with Gasteiger partial charge in [0.15, 0.2) is 5.82 Å². The van der Waals surface area contributed by atoms with E-state index in [0.717, 1.165) is 35.8 Å². The van der Waals surface area contributed by atoms with Crippen LogP contribution in [0.4, 0.5) is 5.82 Å². The molecule has 170 valence electrons. The highest BCUT2D eigenvalue weighted by molar-refractivity contribution is 5.76. The van der Waals surface area contributed by atoms with Gasteiger partial charge >= 0.3 is 5.97 Å². The number of aryl methyl sites for hydroxylation is 3. The summed E-state index contributed by atoms with van der Waals surface area (Å²) < 4.78 is 3.70. The molecule has 1 N–H and O–H groups in total. The van der Waals surface area contributed by atoms with Crippen LogP contribution in [0.3, 0.4) is 0 Å². The summed E-state index contributed by atoms with van der Waals surface area (Å²) in [5.74, 6) is 2.49. The van der Waals surface area contributed by atoms with Gasteiger partial charge < -0.3 is 14.6 Å². The summed E-state index contributed by atoms with van der Waals surface area (Å²) in [6.07, 6.45) is 0.413. The summed E-state index contributed by atoms with van der Waals surface area (Å²) >= 11 is 0. The number of nitrogens with zero attached hydrogens (tertiary/aromatic N) is 8. The molecule has 1 aromatic carbocycles. The van der Waals surface area contributed by atoms with Crippen LogP contribution >= 0.6 is 0 Å². The quantitative estimate of drug-likeness (QED) is 0.481.